The first-order valence-corrected chi connectivity index (χ1v) is 8.67. The van der Waals surface area contributed by atoms with Crippen LogP contribution in [0, 0.1) is 0 Å². The van der Waals surface area contributed by atoms with Crippen LogP contribution < -0.4 is 0 Å². The molecule has 21 heavy (non-hydrogen) atoms. The van der Waals surface area contributed by atoms with Gasteiger partial charge in [-0.25, -0.2) is 4.79 Å². The maximum Gasteiger partial charge on any atom is 0.358 e. The lowest BCUT2D eigenvalue weighted by molar-refractivity contribution is 0.0686. The molecule has 1 aliphatic rings. The number of nitrogens with zero attached hydrogens (tertiary/aromatic N) is 1. The van der Waals surface area contributed by atoms with E-state index in [0.29, 0.717) is 11.7 Å². The molecule has 1 aromatic carbocycles. The zero-order valence-electron chi connectivity index (χ0n) is 11.2. The number of carboxylic acid groups (broad SMARTS) is 1. The lowest BCUT2D eigenvalue weighted by atomic mass is 9.92. The molecular formula is C15H14BrNO3S. The van der Waals surface area contributed by atoms with Crippen LogP contribution in [-0.4, -0.2) is 27.7 Å². The number of benzene rings is 1. The number of hydrogen-bond donors (Lipinski definition) is 1. The average Bonchev–Trinajstić information content (AvgIpc) is 2.98. The van der Waals surface area contributed by atoms with E-state index in [4.69, 9.17) is 9.63 Å². The molecule has 4 nitrogen and oxygen atoms in total. The van der Waals surface area contributed by atoms with Crippen LogP contribution in [0.1, 0.15) is 34.8 Å². The Labute approximate surface area is 135 Å². The van der Waals surface area contributed by atoms with Crippen molar-refractivity contribution >= 4 is 33.7 Å². The van der Waals surface area contributed by atoms with Gasteiger partial charge < -0.3 is 9.63 Å². The summed E-state index contributed by atoms with van der Waals surface area (Å²) < 4.78 is 6.14. The van der Waals surface area contributed by atoms with Crippen molar-refractivity contribution in [3.05, 3.63) is 40.0 Å². The number of thioether (sulfide) groups is 1. The van der Waals surface area contributed by atoms with Crippen molar-refractivity contribution in [2.45, 2.75) is 18.8 Å². The Hall–Kier alpha value is -1.27. The predicted octanol–water partition coefficient (Wildman–Crippen LogP) is 4.41. The van der Waals surface area contributed by atoms with Gasteiger partial charge >= 0.3 is 5.97 Å². The van der Waals surface area contributed by atoms with Gasteiger partial charge in [0.1, 0.15) is 0 Å². The number of aromatic carboxylic acids is 1. The molecule has 3 rings (SSSR count). The Bertz CT molecular complexity index is 665. The first-order chi connectivity index (χ1) is 10.1. The van der Waals surface area contributed by atoms with E-state index >= 15 is 0 Å². The van der Waals surface area contributed by atoms with Crippen molar-refractivity contribution in [2.24, 2.45) is 0 Å². The quantitative estimate of drug-likeness (QED) is 0.869. The highest BCUT2D eigenvalue weighted by Gasteiger charge is 2.19. The zero-order chi connectivity index (χ0) is 14.8. The smallest absolute Gasteiger partial charge is 0.358 e. The van der Waals surface area contributed by atoms with Crippen molar-refractivity contribution in [1.29, 1.82) is 0 Å². The van der Waals surface area contributed by atoms with Crippen LogP contribution in [0.15, 0.2) is 33.3 Å². The minimum atomic E-state index is -1.08. The molecule has 1 saturated heterocycles. The van der Waals surface area contributed by atoms with E-state index < -0.39 is 5.97 Å². The van der Waals surface area contributed by atoms with Crippen molar-refractivity contribution in [3.63, 3.8) is 0 Å². The van der Waals surface area contributed by atoms with Gasteiger partial charge in [0.05, 0.1) is 0 Å². The zero-order valence-corrected chi connectivity index (χ0v) is 13.6. The molecule has 0 radical (unpaired) electrons. The van der Waals surface area contributed by atoms with Gasteiger partial charge in [0.25, 0.3) is 0 Å². The fourth-order valence-corrected chi connectivity index (χ4v) is 4.34. The molecular weight excluding hydrogens is 354 g/mol. The third-order valence-corrected chi connectivity index (χ3v) is 5.41. The lowest BCUT2D eigenvalue weighted by Crippen LogP contribution is -2.08. The SMILES string of the molecule is O=C(O)c1cc(-c2ccc(C3CCSCC3)c(Br)c2)on1. The van der Waals surface area contributed by atoms with E-state index in [-0.39, 0.29) is 5.69 Å². The predicted molar refractivity (Wildman–Crippen MR) is 85.9 cm³/mol. The molecule has 0 amide bonds. The van der Waals surface area contributed by atoms with Crippen molar-refractivity contribution < 1.29 is 14.4 Å². The Balaban J connectivity index is 1.87. The first kappa shape index (κ1) is 14.7. The number of halogens is 1. The highest BCUT2D eigenvalue weighted by Crippen LogP contribution is 2.37. The summed E-state index contributed by atoms with van der Waals surface area (Å²) in [6.07, 6.45) is 2.40. The molecule has 6 heteroatoms. The maximum atomic E-state index is 10.8. The second-order valence-corrected chi connectivity index (χ2v) is 7.08. The van der Waals surface area contributed by atoms with Crippen molar-refractivity contribution in [2.75, 3.05) is 11.5 Å². The monoisotopic (exact) mass is 367 g/mol. The Morgan fingerprint density at radius 3 is 2.71 bits per heavy atom. The van der Waals surface area contributed by atoms with E-state index in [2.05, 4.69) is 27.2 Å². The molecule has 0 unspecified atom stereocenters. The topological polar surface area (TPSA) is 63.3 Å². The van der Waals surface area contributed by atoms with Gasteiger partial charge in [0, 0.05) is 16.1 Å². The fraction of sp³-hybridized carbons (Fsp3) is 0.333. The molecule has 0 saturated carbocycles. The number of hydrogen-bond acceptors (Lipinski definition) is 4. The van der Waals surface area contributed by atoms with Crippen LogP contribution >= 0.6 is 27.7 Å². The largest absolute Gasteiger partial charge is 0.476 e. The Morgan fingerprint density at radius 2 is 2.10 bits per heavy atom. The normalized spacial score (nSPS) is 16.0. The van der Waals surface area contributed by atoms with E-state index in [1.807, 2.05) is 23.9 Å². The number of carbonyl (C=O) groups is 1. The molecule has 1 N–H and O–H groups in total. The van der Waals surface area contributed by atoms with Gasteiger partial charge in [-0.1, -0.05) is 33.2 Å². The molecule has 0 spiro atoms. The van der Waals surface area contributed by atoms with Crippen LogP contribution in [0.25, 0.3) is 11.3 Å². The average molecular weight is 368 g/mol. The first-order valence-electron chi connectivity index (χ1n) is 6.72. The summed E-state index contributed by atoms with van der Waals surface area (Å²) in [5.74, 6) is 2.41. The minimum Gasteiger partial charge on any atom is -0.476 e. The van der Waals surface area contributed by atoms with E-state index in [1.54, 1.807) is 0 Å². The van der Waals surface area contributed by atoms with Crippen molar-refractivity contribution in [3.8, 4) is 11.3 Å². The van der Waals surface area contributed by atoms with Gasteiger partial charge in [-0.2, -0.15) is 11.8 Å². The van der Waals surface area contributed by atoms with Gasteiger partial charge in [0.2, 0.25) is 0 Å². The third-order valence-electron chi connectivity index (χ3n) is 3.68. The van der Waals surface area contributed by atoms with Crippen LogP contribution in [0.3, 0.4) is 0 Å². The second kappa shape index (κ2) is 6.23. The molecule has 110 valence electrons. The van der Waals surface area contributed by atoms with Crippen LogP contribution in [-0.2, 0) is 0 Å². The molecule has 1 aliphatic heterocycles. The molecule has 2 aromatic rings. The highest BCUT2D eigenvalue weighted by atomic mass is 79.9. The standard InChI is InChI=1S/C15H14BrNO3S/c16-12-7-10(14-8-13(15(18)19)17-20-14)1-2-11(12)9-3-5-21-6-4-9/h1-2,7-9H,3-6H2,(H,18,19). The molecule has 0 atom stereocenters. The summed E-state index contributed by atoms with van der Waals surface area (Å²) in [4.78, 5) is 10.8. The lowest BCUT2D eigenvalue weighted by Gasteiger charge is -2.23. The Morgan fingerprint density at radius 1 is 1.33 bits per heavy atom. The fourth-order valence-electron chi connectivity index (χ4n) is 2.53. The molecule has 2 heterocycles. The number of carboxylic acids is 1. The molecule has 1 fully saturated rings. The molecule has 0 bridgehead atoms. The summed E-state index contributed by atoms with van der Waals surface area (Å²) >= 11 is 5.64. The van der Waals surface area contributed by atoms with E-state index in [9.17, 15) is 4.79 Å². The van der Waals surface area contributed by atoms with Crippen LogP contribution in [0.4, 0.5) is 0 Å². The summed E-state index contributed by atoms with van der Waals surface area (Å²) in [6.45, 7) is 0. The summed E-state index contributed by atoms with van der Waals surface area (Å²) in [7, 11) is 0. The van der Waals surface area contributed by atoms with Gasteiger partial charge in [0.15, 0.2) is 11.5 Å². The van der Waals surface area contributed by atoms with Crippen LogP contribution in [0.5, 0.6) is 0 Å². The Kier molecular flexibility index (Phi) is 4.35. The second-order valence-electron chi connectivity index (χ2n) is 5.00. The van der Waals surface area contributed by atoms with Crippen molar-refractivity contribution in [1.82, 2.24) is 5.16 Å². The summed E-state index contributed by atoms with van der Waals surface area (Å²) in [5.41, 5.74) is 2.07. The van der Waals surface area contributed by atoms with Gasteiger partial charge in [-0.15, -0.1) is 0 Å². The van der Waals surface area contributed by atoms with Gasteiger partial charge in [-0.3, -0.25) is 0 Å². The third kappa shape index (κ3) is 3.16. The van der Waals surface area contributed by atoms with E-state index in [1.165, 1.54) is 36.0 Å². The van der Waals surface area contributed by atoms with E-state index in [0.717, 1.165) is 10.0 Å². The number of rotatable bonds is 3. The number of aromatic nitrogens is 1. The maximum absolute atomic E-state index is 10.8. The highest BCUT2D eigenvalue weighted by molar-refractivity contribution is 9.10. The van der Waals surface area contributed by atoms with Crippen LogP contribution in [0.2, 0.25) is 0 Å². The minimum absolute atomic E-state index is 0.0745. The summed E-state index contributed by atoms with van der Waals surface area (Å²) in [5, 5.41) is 12.4. The molecule has 0 aliphatic carbocycles. The molecule has 1 aromatic heterocycles. The van der Waals surface area contributed by atoms with Gasteiger partial charge in [-0.05, 0) is 41.9 Å². The summed E-state index contributed by atoms with van der Waals surface area (Å²) in [6, 6.07) is 7.49.